The second kappa shape index (κ2) is 15.7. The molecule has 0 fully saturated rings. The maximum atomic E-state index is 5.47. The summed E-state index contributed by atoms with van der Waals surface area (Å²) in [5.41, 5.74) is 17.3. The van der Waals surface area contributed by atoms with Crippen molar-refractivity contribution in [2.45, 2.75) is 26.2 Å². The van der Waals surface area contributed by atoms with Gasteiger partial charge in [-0.3, -0.25) is 0 Å². The van der Waals surface area contributed by atoms with E-state index in [9.17, 15) is 0 Å². The maximum absolute atomic E-state index is 5.47. The molecule has 0 aliphatic rings. The lowest BCUT2D eigenvalue weighted by Gasteiger charge is -2.22. The van der Waals surface area contributed by atoms with Crippen molar-refractivity contribution in [3.05, 3.63) is 230 Å². The van der Waals surface area contributed by atoms with Gasteiger partial charge in [0, 0.05) is 49.4 Å². The van der Waals surface area contributed by atoms with Crippen LogP contribution in [0.3, 0.4) is 0 Å². The Balaban J connectivity index is 1.19. The summed E-state index contributed by atoms with van der Waals surface area (Å²) in [4.78, 5) is 10.9. The van der Waals surface area contributed by atoms with Crippen molar-refractivity contribution in [2.24, 2.45) is 0 Å². The van der Waals surface area contributed by atoms with Crippen LogP contribution in [0.15, 0.2) is 224 Å². The molecule has 9 aromatic carbocycles. The standard InChI is InChI=1S/C62H46N4/c1-62(2,3)45-35-37-58-51(39-45)47-27-14-17-31-55(47)66(58)59-33-19-29-49(61-63-52(42-22-9-5-10-23-42)40-53(64-61)43-24-11-6-12-25-43)60(59)48-28-15-18-32-56(48)65-54-30-16-13-26-46(54)50-38-44(34-36-57(50)65)41-20-7-4-8-21-41/h4-40H,1-3H3. The van der Waals surface area contributed by atoms with Crippen LogP contribution < -0.4 is 0 Å². The summed E-state index contributed by atoms with van der Waals surface area (Å²) in [5, 5.41) is 4.86. The predicted molar refractivity (Wildman–Crippen MR) is 277 cm³/mol. The van der Waals surface area contributed by atoms with Crippen molar-refractivity contribution in [1.82, 2.24) is 19.1 Å². The highest BCUT2D eigenvalue weighted by Gasteiger charge is 2.25. The second-order valence-corrected chi connectivity index (χ2v) is 18.2. The number of fused-ring (bicyclic) bond motifs is 6. The maximum Gasteiger partial charge on any atom is 0.161 e. The van der Waals surface area contributed by atoms with Crippen LogP contribution in [0, 0.1) is 0 Å². The zero-order chi connectivity index (χ0) is 44.4. The minimum atomic E-state index is -0.0108. The van der Waals surface area contributed by atoms with E-state index in [2.05, 4.69) is 254 Å². The van der Waals surface area contributed by atoms with E-state index in [0.29, 0.717) is 5.82 Å². The van der Waals surface area contributed by atoms with E-state index < -0.39 is 0 Å². The molecule has 0 atom stereocenters. The molecule has 314 valence electrons. The minimum Gasteiger partial charge on any atom is -0.309 e. The van der Waals surface area contributed by atoms with Gasteiger partial charge < -0.3 is 9.13 Å². The molecule has 4 heteroatoms. The normalized spacial score (nSPS) is 11.9. The smallest absolute Gasteiger partial charge is 0.161 e. The van der Waals surface area contributed by atoms with Gasteiger partial charge in [0.15, 0.2) is 5.82 Å². The van der Waals surface area contributed by atoms with E-state index in [-0.39, 0.29) is 5.41 Å². The number of para-hydroxylation sites is 3. The summed E-state index contributed by atoms with van der Waals surface area (Å²) in [5.74, 6) is 0.660. The van der Waals surface area contributed by atoms with Gasteiger partial charge in [0.2, 0.25) is 0 Å². The van der Waals surface area contributed by atoms with Gasteiger partial charge in [0.1, 0.15) is 0 Å². The third-order valence-corrected chi connectivity index (χ3v) is 13.1. The molecule has 3 heterocycles. The Kier molecular flexibility index (Phi) is 9.35. The molecule has 0 spiro atoms. The van der Waals surface area contributed by atoms with Crippen LogP contribution in [0.5, 0.6) is 0 Å². The van der Waals surface area contributed by atoms with Gasteiger partial charge in [-0.25, -0.2) is 9.97 Å². The predicted octanol–water partition coefficient (Wildman–Crippen LogP) is 16.3. The Bertz CT molecular complexity index is 3720. The molecule has 0 saturated heterocycles. The fraction of sp³-hybridized carbons (Fsp3) is 0.0645. The van der Waals surface area contributed by atoms with Crippen LogP contribution in [-0.2, 0) is 5.41 Å². The van der Waals surface area contributed by atoms with E-state index >= 15 is 0 Å². The van der Waals surface area contributed by atoms with Crippen LogP contribution in [0.25, 0.3) is 111 Å². The molecule has 0 aliphatic heterocycles. The van der Waals surface area contributed by atoms with Crippen molar-refractivity contribution in [1.29, 1.82) is 0 Å². The van der Waals surface area contributed by atoms with Gasteiger partial charge in [-0.1, -0.05) is 191 Å². The van der Waals surface area contributed by atoms with Gasteiger partial charge in [0.25, 0.3) is 0 Å². The molecule has 0 unspecified atom stereocenters. The largest absolute Gasteiger partial charge is 0.309 e. The quantitative estimate of drug-likeness (QED) is 0.160. The highest BCUT2D eigenvalue weighted by atomic mass is 15.0. The van der Waals surface area contributed by atoms with Crippen LogP contribution in [-0.4, -0.2) is 19.1 Å². The van der Waals surface area contributed by atoms with E-state index in [0.717, 1.165) is 72.6 Å². The Labute approximate surface area is 384 Å². The number of aromatic nitrogens is 4. The zero-order valence-electron chi connectivity index (χ0n) is 37.2. The van der Waals surface area contributed by atoms with E-state index in [1.54, 1.807) is 0 Å². The Hall–Kier alpha value is -8.34. The molecule has 0 amide bonds. The molecule has 0 saturated carbocycles. The van der Waals surface area contributed by atoms with Gasteiger partial charge in [-0.05, 0) is 76.7 Å². The topological polar surface area (TPSA) is 35.6 Å². The van der Waals surface area contributed by atoms with Crippen molar-refractivity contribution in [3.63, 3.8) is 0 Å². The second-order valence-electron chi connectivity index (χ2n) is 18.2. The van der Waals surface area contributed by atoms with Gasteiger partial charge >= 0.3 is 0 Å². The summed E-state index contributed by atoms with van der Waals surface area (Å²) in [6.45, 7) is 6.86. The third kappa shape index (κ3) is 6.61. The molecule has 3 aromatic heterocycles. The van der Waals surface area contributed by atoms with E-state index in [1.807, 2.05) is 0 Å². The molecular formula is C62H46N4. The van der Waals surface area contributed by atoms with E-state index in [4.69, 9.17) is 9.97 Å². The average Bonchev–Trinajstić information content (AvgIpc) is 3.88. The van der Waals surface area contributed by atoms with Gasteiger partial charge in [-0.2, -0.15) is 0 Å². The van der Waals surface area contributed by atoms with Crippen molar-refractivity contribution >= 4 is 43.6 Å². The monoisotopic (exact) mass is 846 g/mol. The molecule has 0 aliphatic carbocycles. The van der Waals surface area contributed by atoms with Crippen LogP contribution in [0.4, 0.5) is 0 Å². The van der Waals surface area contributed by atoms with Crippen molar-refractivity contribution in [3.8, 4) is 67.5 Å². The summed E-state index contributed by atoms with van der Waals surface area (Å²) in [6.07, 6.45) is 0. The van der Waals surface area contributed by atoms with Crippen LogP contribution in [0.1, 0.15) is 26.3 Å². The average molecular weight is 847 g/mol. The zero-order valence-corrected chi connectivity index (χ0v) is 37.2. The first-order chi connectivity index (χ1) is 32.4. The molecule has 66 heavy (non-hydrogen) atoms. The minimum absolute atomic E-state index is 0.0108. The summed E-state index contributed by atoms with van der Waals surface area (Å²) in [7, 11) is 0. The molecule has 0 N–H and O–H groups in total. The Morgan fingerprint density at radius 2 is 0.803 bits per heavy atom. The third-order valence-electron chi connectivity index (χ3n) is 13.1. The fourth-order valence-electron chi connectivity index (χ4n) is 9.90. The Morgan fingerprint density at radius 1 is 0.333 bits per heavy atom. The van der Waals surface area contributed by atoms with E-state index in [1.165, 1.54) is 38.2 Å². The summed E-state index contributed by atoms with van der Waals surface area (Å²) in [6, 6.07) is 80.7. The van der Waals surface area contributed by atoms with Crippen molar-refractivity contribution < 1.29 is 0 Å². The number of nitrogens with zero attached hydrogens (tertiary/aromatic N) is 4. The number of hydrogen-bond donors (Lipinski definition) is 0. The first kappa shape index (κ1) is 39.3. The highest BCUT2D eigenvalue weighted by Crippen LogP contribution is 2.45. The molecule has 0 bridgehead atoms. The Morgan fingerprint density at radius 3 is 1.42 bits per heavy atom. The lowest BCUT2D eigenvalue weighted by Crippen LogP contribution is -2.10. The molecule has 12 rings (SSSR count). The summed E-state index contributed by atoms with van der Waals surface area (Å²) >= 11 is 0. The molecular weight excluding hydrogens is 801 g/mol. The van der Waals surface area contributed by atoms with Gasteiger partial charge in [0.05, 0.1) is 44.8 Å². The molecule has 0 radical (unpaired) electrons. The highest BCUT2D eigenvalue weighted by molar-refractivity contribution is 6.13. The SMILES string of the molecule is CC(C)(C)c1ccc2c(c1)c1ccccc1n2-c1cccc(-c2nc(-c3ccccc3)cc(-c3ccccc3)n2)c1-c1ccccc1-n1c2ccccc2c2cc(-c3ccccc3)ccc21. The summed E-state index contributed by atoms with van der Waals surface area (Å²) < 4.78 is 4.91. The number of benzene rings is 9. The number of hydrogen-bond acceptors (Lipinski definition) is 2. The fourth-order valence-corrected chi connectivity index (χ4v) is 9.90. The molecule has 12 aromatic rings. The van der Waals surface area contributed by atoms with Crippen LogP contribution >= 0.6 is 0 Å². The first-order valence-corrected chi connectivity index (χ1v) is 22.7. The van der Waals surface area contributed by atoms with Gasteiger partial charge in [-0.15, -0.1) is 0 Å². The first-order valence-electron chi connectivity index (χ1n) is 22.7. The lowest BCUT2D eigenvalue weighted by molar-refractivity contribution is 0.591. The molecule has 4 nitrogen and oxygen atoms in total. The lowest BCUT2D eigenvalue weighted by atomic mass is 9.86. The number of rotatable bonds is 7. The van der Waals surface area contributed by atoms with Crippen LogP contribution in [0.2, 0.25) is 0 Å². The van der Waals surface area contributed by atoms with Crippen molar-refractivity contribution in [2.75, 3.05) is 0 Å².